The zero-order chi connectivity index (χ0) is 19.1. The third-order valence-corrected chi connectivity index (χ3v) is 4.37. The SMILES string of the molecule is Cl.NC(=O)NC(CC(=O)NC1CCNC1)c1cccc(Oc2ccccc2)c1. The summed E-state index contributed by atoms with van der Waals surface area (Å²) < 4.78 is 5.83. The smallest absolute Gasteiger partial charge is 0.312 e. The summed E-state index contributed by atoms with van der Waals surface area (Å²) in [5.74, 6) is 1.20. The molecule has 2 atom stereocenters. The average Bonchev–Trinajstić information content (AvgIpc) is 3.15. The van der Waals surface area contributed by atoms with Crippen molar-refractivity contribution >= 4 is 24.3 Å². The zero-order valence-corrected chi connectivity index (χ0v) is 16.2. The predicted octanol–water partition coefficient (Wildman–Crippen LogP) is 2.48. The van der Waals surface area contributed by atoms with E-state index in [1.54, 1.807) is 6.07 Å². The number of primary amides is 1. The number of hydrogen-bond donors (Lipinski definition) is 4. The third-order valence-electron chi connectivity index (χ3n) is 4.37. The summed E-state index contributed by atoms with van der Waals surface area (Å²) in [6, 6.07) is 15.6. The molecular formula is C20H25ClN4O3. The predicted molar refractivity (Wildman–Crippen MR) is 110 cm³/mol. The van der Waals surface area contributed by atoms with Crippen LogP contribution in [0.25, 0.3) is 0 Å². The van der Waals surface area contributed by atoms with Crippen molar-refractivity contribution in [2.45, 2.75) is 24.9 Å². The first-order valence-corrected chi connectivity index (χ1v) is 8.99. The van der Waals surface area contributed by atoms with Crippen LogP contribution in [0.3, 0.4) is 0 Å². The van der Waals surface area contributed by atoms with Gasteiger partial charge in [0, 0.05) is 12.6 Å². The second-order valence-corrected chi connectivity index (χ2v) is 6.51. The Morgan fingerprint density at radius 1 is 1.14 bits per heavy atom. The quantitative estimate of drug-likeness (QED) is 0.568. The van der Waals surface area contributed by atoms with Crippen LogP contribution in [0.5, 0.6) is 11.5 Å². The molecule has 0 bridgehead atoms. The van der Waals surface area contributed by atoms with E-state index in [-0.39, 0.29) is 30.8 Å². The fourth-order valence-electron chi connectivity index (χ4n) is 3.09. The van der Waals surface area contributed by atoms with Gasteiger partial charge in [-0.2, -0.15) is 0 Å². The molecule has 0 saturated carbocycles. The molecule has 2 aromatic rings. The van der Waals surface area contributed by atoms with Crippen LogP contribution in [-0.2, 0) is 4.79 Å². The van der Waals surface area contributed by atoms with Crippen LogP contribution in [0.4, 0.5) is 4.79 Å². The molecule has 1 fully saturated rings. The first-order chi connectivity index (χ1) is 13.1. The van der Waals surface area contributed by atoms with Gasteiger partial charge in [-0.15, -0.1) is 12.4 Å². The molecule has 2 unspecified atom stereocenters. The number of amides is 3. The van der Waals surface area contributed by atoms with Gasteiger partial charge < -0.3 is 26.4 Å². The number of halogens is 1. The normalized spacial score (nSPS) is 16.5. The zero-order valence-electron chi connectivity index (χ0n) is 15.4. The Morgan fingerprint density at radius 3 is 2.57 bits per heavy atom. The van der Waals surface area contributed by atoms with E-state index in [1.165, 1.54) is 0 Å². The van der Waals surface area contributed by atoms with Crippen LogP contribution in [0.15, 0.2) is 54.6 Å². The molecule has 2 aromatic carbocycles. The van der Waals surface area contributed by atoms with E-state index in [0.717, 1.165) is 25.1 Å². The molecule has 5 N–H and O–H groups in total. The fourth-order valence-corrected chi connectivity index (χ4v) is 3.09. The molecule has 1 saturated heterocycles. The number of carbonyl (C=O) groups excluding carboxylic acids is 2. The monoisotopic (exact) mass is 404 g/mol. The van der Waals surface area contributed by atoms with Gasteiger partial charge in [-0.25, -0.2) is 4.79 Å². The van der Waals surface area contributed by atoms with Gasteiger partial charge >= 0.3 is 6.03 Å². The summed E-state index contributed by atoms with van der Waals surface area (Å²) in [5.41, 5.74) is 6.06. The molecule has 1 aliphatic rings. The van der Waals surface area contributed by atoms with Crippen LogP contribution in [0.1, 0.15) is 24.4 Å². The first-order valence-electron chi connectivity index (χ1n) is 8.99. The summed E-state index contributed by atoms with van der Waals surface area (Å²) in [5, 5.41) is 8.84. The number of rotatable bonds is 7. The van der Waals surface area contributed by atoms with E-state index in [0.29, 0.717) is 11.5 Å². The molecule has 0 radical (unpaired) electrons. The minimum absolute atomic E-state index is 0. The van der Waals surface area contributed by atoms with E-state index in [4.69, 9.17) is 10.5 Å². The lowest BCUT2D eigenvalue weighted by Gasteiger charge is -2.20. The Balaban J connectivity index is 0.00000280. The van der Waals surface area contributed by atoms with Crippen molar-refractivity contribution in [3.05, 3.63) is 60.2 Å². The Labute approximate surface area is 170 Å². The second kappa shape index (κ2) is 10.5. The first kappa shape index (κ1) is 21.5. The lowest BCUT2D eigenvalue weighted by molar-refractivity contribution is -0.122. The van der Waals surface area contributed by atoms with Crippen molar-refractivity contribution in [1.82, 2.24) is 16.0 Å². The molecule has 0 spiro atoms. The van der Waals surface area contributed by atoms with Crippen molar-refractivity contribution < 1.29 is 14.3 Å². The van der Waals surface area contributed by atoms with Crippen LogP contribution < -0.4 is 26.4 Å². The van der Waals surface area contributed by atoms with E-state index in [9.17, 15) is 9.59 Å². The Morgan fingerprint density at radius 2 is 1.89 bits per heavy atom. The molecule has 1 heterocycles. The number of ether oxygens (including phenoxy) is 1. The highest BCUT2D eigenvalue weighted by Gasteiger charge is 2.21. The minimum Gasteiger partial charge on any atom is -0.457 e. The highest BCUT2D eigenvalue weighted by molar-refractivity contribution is 5.85. The van der Waals surface area contributed by atoms with Gasteiger partial charge in [-0.05, 0) is 42.8 Å². The van der Waals surface area contributed by atoms with E-state index in [2.05, 4.69) is 16.0 Å². The molecule has 0 aliphatic carbocycles. The van der Waals surface area contributed by atoms with Gasteiger partial charge in [0.15, 0.2) is 0 Å². The summed E-state index contributed by atoms with van der Waals surface area (Å²) >= 11 is 0. The van der Waals surface area contributed by atoms with E-state index >= 15 is 0 Å². The van der Waals surface area contributed by atoms with Gasteiger partial charge in [-0.3, -0.25) is 4.79 Å². The van der Waals surface area contributed by atoms with Crippen LogP contribution in [0.2, 0.25) is 0 Å². The Kier molecular flexibility index (Phi) is 8.10. The number of urea groups is 1. The van der Waals surface area contributed by atoms with Gasteiger partial charge in [0.25, 0.3) is 0 Å². The number of nitrogens with one attached hydrogen (secondary N) is 3. The number of hydrogen-bond acceptors (Lipinski definition) is 4. The summed E-state index contributed by atoms with van der Waals surface area (Å²) in [6.45, 7) is 1.66. The van der Waals surface area contributed by atoms with E-state index in [1.807, 2.05) is 48.5 Å². The number of benzene rings is 2. The molecule has 1 aliphatic heterocycles. The summed E-state index contributed by atoms with van der Waals surface area (Å²) in [6.07, 6.45) is 1.01. The second-order valence-electron chi connectivity index (χ2n) is 6.51. The molecule has 28 heavy (non-hydrogen) atoms. The number of para-hydroxylation sites is 1. The van der Waals surface area contributed by atoms with Crippen molar-refractivity contribution in [2.75, 3.05) is 13.1 Å². The average molecular weight is 405 g/mol. The molecule has 3 amide bonds. The van der Waals surface area contributed by atoms with Crippen LogP contribution in [-0.4, -0.2) is 31.1 Å². The maximum atomic E-state index is 12.4. The molecular weight excluding hydrogens is 380 g/mol. The Bertz CT molecular complexity index is 782. The molecule has 8 heteroatoms. The lowest BCUT2D eigenvalue weighted by atomic mass is 10.0. The van der Waals surface area contributed by atoms with Crippen LogP contribution >= 0.6 is 12.4 Å². The molecule has 0 aromatic heterocycles. The molecule has 150 valence electrons. The molecule has 3 rings (SSSR count). The fraction of sp³-hybridized carbons (Fsp3) is 0.300. The number of carbonyl (C=O) groups is 2. The molecule has 7 nitrogen and oxygen atoms in total. The van der Waals surface area contributed by atoms with Crippen molar-refractivity contribution in [1.29, 1.82) is 0 Å². The van der Waals surface area contributed by atoms with Crippen molar-refractivity contribution in [2.24, 2.45) is 5.73 Å². The maximum Gasteiger partial charge on any atom is 0.312 e. The largest absolute Gasteiger partial charge is 0.457 e. The van der Waals surface area contributed by atoms with Gasteiger partial charge in [0.1, 0.15) is 11.5 Å². The highest BCUT2D eigenvalue weighted by atomic mass is 35.5. The van der Waals surface area contributed by atoms with Gasteiger partial charge in [0.05, 0.1) is 12.5 Å². The van der Waals surface area contributed by atoms with Crippen molar-refractivity contribution in [3.63, 3.8) is 0 Å². The minimum atomic E-state index is -0.676. The van der Waals surface area contributed by atoms with Gasteiger partial charge in [-0.1, -0.05) is 30.3 Å². The highest BCUT2D eigenvalue weighted by Crippen LogP contribution is 2.26. The van der Waals surface area contributed by atoms with Crippen molar-refractivity contribution in [3.8, 4) is 11.5 Å². The topological polar surface area (TPSA) is 105 Å². The summed E-state index contributed by atoms with van der Waals surface area (Å²) in [7, 11) is 0. The van der Waals surface area contributed by atoms with E-state index < -0.39 is 12.1 Å². The Hall–Kier alpha value is -2.77. The van der Waals surface area contributed by atoms with Crippen LogP contribution in [0, 0.1) is 0 Å². The lowest BCUT2D eigenvalue weighted by Crippen LogP contribution is -2.40. The maximum absolute atomic E-state index is 12.4. The standard InChI is InChI=1S/C20H24N4O3.ClH/c21-20(26)24-18(12-19(25)23-15-9-10-22-13-15)14-5-4-8-17(11-14)27-16-6-2-1-3-7-16;/h1-8,11,15,18,22H,9-10,12-13H2,(H,23,25)(H3,21,24,26);1H. The van der Waals surface area contributed by atoms with Gasteiger partial charge in [0.2, 0.25) is 5.91 Å². The number of nitrogens with two attached hydrogens (primary N) is 1. The third kappa shape index (κ3) is 6.44. The summed E-state index contributed by atoms with van der Waals surface area (Å²) in [4.78, 5) is 23.8.